The summed E-state index contributed by atoms with van der Waals surface area (Å²) in [5, 5.41) is 23.1. The van der Waals surface area contributed by atoms with Crippen LogP contribution < -0.4 is 5.46 Å². The molecule has 0 saturated carbocycles. The van der Waals surface area contributed by atoms with E-state index in [-0.39, 0.29) is 75.3 Å². The van der Waals surface area contributed by atoms with Crippen LogP contribution >= 0.6 is 57.5 Å². The summed E-state index contributed by atoms with van der Waals surface area (Å²) < 4.78 is 84.4. The topological polar surface area (TPSA) is 118 Å². The third-order valence-corrected chi connectivity index (χ3v) is 13.5. The first-order valence-electron chi connectivity index (χ1n) is 25.4. The maximum atomic E-state index is 9.66. The number of nitrogens with zero attached hydrogens (tertiary/aromatic N) is 6. The summed E-state index contributed by atoms with van der Waals surface area (Å²) in [7, 11) is -1.62. The standard InChI is InChI=1S/C27H16ClN3S.C18H13BO2S.C9H5Cl2N3/c28-27-30-25(18-11-5-2-6-12-18)29-26(31-27)22-16-8-15-21-20-14-7-13-19(23(20)32-24(21)22)17-9-3-1-4-10-17;20-19(21)16-11-5-10-15-14-9-4-8-13(17(14)22-18(15)16)12-6-2-1-3-7-12;10-8-12-7(13-9(11)14-8)6-4-2-1-3-5-6/h1-16H;1-11,20-21H;1-5H/i1D,3D,4D,9D,10D;1D,2D,3D,6D,7D;. The predicted molar refractivity (Wildman–Crippen MR) is 284 cm³/mol. The number of hydrogen-bond donors (Lipinski definition) is 2. The molecule has 68 heavy (non-hydrogen) atoms. The van der Waals surface area contributed by atoms with Crippen LogP contribution in [0.3, 0.4) is 0 Å². The Labute approximate surface area is 428 Å². The molecule has 2 N–H and O–H groups in total. The lowest BCUT2D eigenvalue weighted by atomic mass is 9.80. The highest BCUT2D eigenvalue weighted by Crippen LogP contribution is 2.44. The van der Waals surface area contributed by atoms with Crippen molar-refractivity contribution in [3.8, 4) is 56.4 Å². The summed E-state index contributed by atoms with van der Waals surface area (Å²) in [4.78, 5) is 25.0. The molecule has 14 heteroatoms. The molecule has 0 aliphatic heterocycles. The zero-order chi connectivity index (χ0) is 55.3. The molecule has 0 unspecified atom stereocenters. The Hall–Kier alpha value is -6.93. The van der Waals surface area contributed by atoms with Gasteiger partial charge in [-0.1, -0.05) is 188 Å². The fourth-order valence-electron chi connectivity index (χ4n) is 7.43. The number of hydrogen-bond acceptors (Lipinski definition) is 10. The summed E-state index contributed by atoms with van der Waals surface area (Å²) in [6, 6.07) is 37.7. The van der Waals surface area contributed by atoms with Crippen molar-refractivity contribution in [3.05, 3.63) is 210 Å². The normalized spacial score (nSPS) is 13.1. The van der Waals surface area contributed by atoms with Gasteiger partial charge >= 0.3 is 7.12 Å². The second-order valence-corrected chi connectivity index (χ2v) is 17.6. The molecule has 328 valence electrons. The van der Waals surface area contributed by atoms with Gasteiger partial charge in [0.05, 0.1) is 13.7 Å². The summed E-state index contributed by atoms with van der Waals surface area (Å²) in [5.74, 6) is 1.38. The Morgan fingerprint density at radius 3 is 1.24 bits per heavy atom. The van der Waals surface area contributed by atoms with Crippen LogP contribution in [0.4, 0.5) is 0 Å². The molecule has 0 aliphatic rings. The van der Waals surface area contributed by atoms with E-state index in [0.717, 1.165) is 52.3 Å². The van der Waals surface area contributed by atoms with E-state index in [9.17, 15) is 10.0 Å². The van der Waals surface area contributed by atoms with Gasteiger partial charge in [0, 0.05) is 51.6 Å². The van der Waals surface area contributed by atoms with E-state index in [1.807, 2.05) is 103 Å². The summed E-state index contributed by atoms with van der Waals surface area (Å²) in [5.41, 5.74) is 4.26. The van der Waals surface area contributed by atoms with Crippen LogP contribution in [0.2, 0.25) is 15.9 Å². The first-order chi connectivity index (χ1) is 37.4. The van der Waals surface area contributed by atoms with E-state index in [2.05, 4.69) is 24.9 Å². The zero-order valence-electron chi connectivity index (χ0n) is 44.8. The van der Waals surface area contributed by atoms with Crippen LogP contribution in [0.5, 0.6) is 0 Å². The minimum atomic E-state index is -1.62. The molecular weight excluding hydrogens is 946 g/mol. The van der Waals surface area contributed by atoms with E-state index in [0.29, 0.717) is 38.8 Å². The third kappa shape index (κ3) is 9.47. The van der Waals surface area contributed by atoms with Gasteiger partial charge in [0.25, 0.3) is 0 Å². The van der Waals surface area contributed by atoms with Gasteiger partial charge in [0.15, 0.2) is 17.5 Å². The van der Waals surface area contributed by atoms with Crippen LogP contribution in [-0.4, -0.2) is 47.1 Å². The zero-order valence-corrected chi connectivity index (χ0v) is 38.7. The molecule has 8 aromatic carbocycles. The first-order valence-corrected chi connectivity index (χ1v) is 23.2. The van der Waals surface area contributed by atoms with Gasteiger partial charge in [0.2, 0.25) is 15.9 Å². The minimum absolute atomic E-state index is 0.0850. The molecule has 0 aliphatic carbocycles. The minimum Gasteiger partial charge on any atom is -0.423 e. The highest BCUT2D eigenvalue weighted by atomic mass is 35.5. The lowest BCUT2D eigenvalue weighted by Gasteiger charge is -2.05. The molecule has 0 amide bonds. The first kappa shape index (κ1) is 34.4. The average molecular weight is 990 g/mol. The predicted octanol–water partition coefficient (Wildman–Crippen LogP) is 14.1. The molecule has 12 aromatic rings. The van der Waals surface area contributed by atoms with Crippen LogP contribution in [0.25, 0.3) is 96.8 Å². The summed E-state index contributed by atoms with van der Waals surface area (Å²) >= 11 is 20.4. The van der Waals surface area contributed by atoms with Crippen molar-refractivity contribution in [2.24, 2.45) is 0 Å². The van der Waals surface area contributed by atoms with Crippen LogP contribution in [-0.2, 0) is 0 Å². The highest BCUT2D eigenvalue weighted by molar-refractivity contribution is 7.27. The molecule has 8 nitrogen and oxygen atoms in total. The van der Waals surface area contributed by atoms with E-state index >= 15 is 0 Å². The Morgan fingerprint density at radius 2 is 0.750 bits per heavy atom. The van der Waals surface area contributed by atoms with Crippen molar-refractivity contribution in [3.63, 3.8) is 0 Å². The maximum Gasteiger partial charge on any atom is 0.489 e. The molecule has 0 radical (unpaired) electrons. The molecule has 4 heterocycles. The third-order valence-electron chi connectivity index (χ3n) is 10.4. The quantitative estimate of drug-likeness (QED) is 0.158. The monoisotopic (exact) mass is 988 g/mol. The average Bonchev–Trinajstić information content (AvgIpc) is 4.26. The number of fused-ring (bicyclic) bond motifs is 6. The van der Waals surface area contributed by atoms with Crippen LogP contribution in [0, 0.1) is 0 Å². The van der Waals surface area contributed by atoms with Gasteiger partial charge in [-0.3, -0.25) is 0 Å². The number of benzene rings is 8. The van der Waals surface area contributed by atoms with Crippen LogP contribution in [0.15, 0.2) is 194 Å². The van der Waals surface area contributed by atoms with Gasteiger partial charge in [-0.15, -0.1) is 22.7 Å². The second-order valence-electron chi connectivity index (χ2n) is 14.5. The number of thiophene rings is 2. The van der Waals surface area contributed by atoms with Crippen molar-refractivity contribution in [2.45, 2.75) is 0 Å². The Bertz CT molecular complexity index is 4260. The van der Waals surface area contributed by atoms with Gasteiger partial charge in [-0.25, -0.2) is 4.98 Å². The Morgan fingerprint density at radius 1 is 0.368 bits per heavy atom. The highest BCUT2D eigenvalue weighted by Gasteiger charge is 2.20. The largest absolute Gasteiger partial charge is 0.489 e. The summed E-state index contributed by atoms with van der Waals surface area (Å²) in [6.45, 7) is 0. The van der Waals surface area contributed by atoms with Crippen molar-refractivity contribution >= 4 is 110 Å². The molecule has 0 atom stereocenters. The SMILES string of the molecule is Clc1nc(Cl)nc(-c2ccccc2)n1.[2H]c1c([2H])c([2H])c(-c2cccc3c2sc2c(-c4nc(Cl)nc(-c5ccccc5)n4)cccc23)c([2H])c1[2H].[2H]c1c([2H])c([2H])c(-c2cccc3c2sc2c(B(O)O)cccc23)c([2H])c1[2H]. The van der Waals surface area contributed by atoms with E-state index in [1.165, 1.54) is 22.7 Å². The lowest BCUT2D eigenvalue weighted by Crippen LogP contribution is -2.29. The van der Waals surface area contributed by atoms with Gasteiger partial charge in [0.1, 0.15) is 0 Å². The van der Waals surface area contributed by atoms with E-state index < -0.39 is 19.2 Å². The van der Waals surface area contributed by atoms with Crippen molar-refractivity contribution < 1.29 is 23.8 Å². The molecule has 0 fully saturated rings. The van der Waals surface area contributed by atoms with Crippen LogP contribution in [0.1, 0.15) is 13.7 Å². The van der Waals surface area contributed by atoms with Crippen molar-refractivity contribution in [1.82, 2.24) is 29.9 Å². The van der Waals surface area contributed by atoms with E-state index in [1.54, 1.807) is 30.3 Å². The fourth-order valence-corrected chi connectivity index (χ4v) is 10.6. The molecule has 0 spiro atoms. The van der Waals surface area contributed by atoms with E-state index in [4.69, 9.17) is 53.5 Å². The molecule has 0 saturated heterocycles. The number of halogens is 3. The van der Waals surface area contributed by atoms with Gasteiger partial charge < -0.3 is 10.0 Å². The van der Waals surface area contributed by atoms with Crippen molar-refractivity contribution in [1.29, 1.82) is 0 Å². The molecule has 12 rings (SSSR count). The maximum absolute atomic E-state index is 9.66. The second kappa shape index (κ2) is 20.1. The molecule has 4 aromatic heterocycles. The smallest absolute Gasteiger partial charge is 0.423 e. The van der Waals surface area contributed by atoms with Gasteiger partial charge in [-0.2, -0.15) is 24.9 Å². The Balaban J connectivity index is 0.000000146. The molecular formula is C54H34BCl3N6O2S2. The number of rotatable bonds is 6. The van der Waals surface area contributed by atoms with Gasteiger partial charge in [-0.05, 0) is 74.0 Å². The number of aromatic nitrogens is 6. The van der Waals surface area contributed by atoms with Crippen molar-refractivity contribution in [2.75, 3.05) is 0 Å². The Kier molecular flexibility index (Phi) is 10.2. The lowest BCUT2D eigenvalue weighted by molar-refractivity contribution is 0.426. The fraction of sp³-hybridized carbons (Fsp3) is 0. The summed E-state index contributed by atoms with van der Waals surface area (Å²) in [6.07, 6.45) is 0. The molecule has 0 bridgehead atoms.